The minimum Gasteiger partial charge on any atom is -0.435 e. The lowest BCUT2D eigenvalue weighted by atomic mass is 10.1. The minimum absolute atomic E-state index is 0.423. The van der Waals surface area contributed by atoms with Crippen molar-refractivity contribution < 1.29 is 4.42 Å². The molecule has 3 rings (SSSR count). The fourth-order valence-electron chi connectivity index (χ4n) is 2.34. The summed E-state index contributed by atoms with van der Waals surface area (Å²) in [4.78, 5) is 4.36. The lowest BCUT2D eigenvalue weighted by Crippen LogP contribution is -1.86. The normalized spacial score (nSPS) is 15.0. The van der Waals surface area contributed by atoms with E-state index in [0.717, 1.165) is 31.3 Å². The van der Waals surface area contributed by atoms with Crippen molar-refractivity contribution in [1.29, 1.82) is 5.26 Å². The third-order valence-electron chi connectivity index (χ3n) is 3.24. The Bertz CT molecular complexity index is 671. The number of hydrogen-bond donors (Lipinski definition) is 0. The van der Waals surface area contributed by atoms with Crippen LogP contribution in [0.1, 0.15) is 31.6 Å². The predicted octanol–water partition coefficient (Wildman–Crippen LogP) is 4.33. The van der Waals surface area contributed by atoms with E-state index in [1.54, 1.807) is 18.2 Å². The van der Waals surface area contributed by atoms with Crippen LogP contribution in [-0.4, -0.2) is 4.98 Å². The molecule has 1 aromatic carbocycles. The van der Waals surface area contributed by atoms with Crippen molar-refractivity contribution in [3.05, 3.63) is 34.7 Å². The summed E-state index contributed by atoms with van der Waals surface area (Å²) >= 11 is 5.91. The Balaban J connectivity index is 2.14. The number of oxazole rings is 1. The number of hydrogen-bond acceptors (Lipinski definition) is 3. The summed E-state index contributed by atoms with van der Waals surface area (Å²) in [5.74, 6) is 0.423. The Hall–Kier alpha value is -1.79. The number of allylic oxidation sites excluding steroid dienone is 2. The quantitative estimate of drug-likeness (QED) is 0.715. The molecule has 90 valence electrons. The van der Waals surface area contributed by atoms with E-state index < -0.39 is 0 Å². The zero-order valence-corrected chi connectivity index (χ0v) is 10.5. The molecule has 0 aliphatic heterocycles. The Morgan fingerprint density at radius 2 is 2.11 bits per heavy atom. The van der Waals surface area contributed by atoms with E-state index in [4.69, 9.17) is 16.0 Å². The van der Waals surface area contributed by atoms with Gasteiger partial charge in [-0.25, -0.2) is 4.98 Å². The molecule has 0 N–H and O–H groups in total. The maximum atomic E-state index is 9.29. The molecule has 0 amide bonds. The van der Waals surface area contributed by atoms with Gasteiger partial charge >= 0.3 is 0 Å². The molecule has 1 fully saturated rings. The van der Waals surface area contributed by atoms with Crippen LogP contribution < -0.4 is 0 Å². The highest BCUT2D eigenvalue weighted by Gasteiger charge is 2.18. The average Bonchev–Trinajstić information content (AvgIpc) is 2.98. The standard InChI is InChI=1S/C14H11ClN2O/c15-10-5-6-13-12(7-10)17-14(18-13)11(8-16)9-3-1-2-4-9/h5-7H,1-4H2. The summed E-state index contributed by atoms with van der Waals surface area (Å²) in [5, 5.41) is 9.91. The lowest BCUT2D eigenvalue weighted by Gasteiger charge is -1.97. The van der Waals surface area contributed by atoms with Crippen LogP contribution in [-0.2, 0) is 0 Å². The van der Waals surface area contributed by atoms with Gasteiger partial charge in [-0.2, -0.15) is 5.26 Å². The monoisotopic (exact) mass is 258 g/mol. The highest BCUT2D eigenvalue weighted by Crippen LogP contribution is 2.32. The van der Waals surface area contributed by atoms with E-state index in [0.29, 0.717) is 27.6 Å². The number of benzene rings is 1. The van der Waals surface area contributed by atoms with Gasteiger partial charge < -0.3 is 4.42 Å². The van der Waals surface area contributed by atoms with E-state index in [-0.39, 0.29) is 0 Å². The Morgan fingerprint density at radius 3 is 2.83 bits per heavy atom. The number of halogens is 1. The maximum Gasteiger partial charge on any atom is 0.238 e. The van der Waals surface area contributed by atoms with Gasteiger partial charge in [-0.05, 0) is 49.5 Å². The van der Waals surface area contributed by atoms with Crippen LogP contribution in [0.3, 0.4) is 0 Å². The predicted molar refractivity (Wildman–Crippen MR) is 70.0 cm³/mol. The summed E-state index contributed by atoms with van der Waals surface area (Å²) in [7, 11) is 0. The molecular weight excluding hydrogens is 248 g/mol. The molecule has 1 aliphatic carbocycles. The Labute approximate surface area is 110 Å². The summed E-state index contributed by atoms with van der Waals surface area (Å²) in [6.45, 7) is 0. The highest BCUT2D eigenvalue weighted by atomic mass is 35.5. The largest absolute Gasteiger partial charge is 0.435 e. The second-order valence-electron chi connectivity index (χ2n) is 4.43. The van der Waals surface area contributed by atoms with Crippen molar-refractivity contribution >= 4 is 28.3 Å². The molecule has 3 nitrogen and oxygen atoms in total. The fourth-order valence-corrected chi connectivity index (χ4v) is 2.50. The molecule has 0 bridgehead atoms. The summed E-state index contributed by atoms with van der Waals surface area (Å²) in [5.41, 5.74) is 3.12. The number of fused-ring (bicyclic) bond motifs is 1. The van der Waals surface area contributed by atoms with Gasteiger partial charge in [0.2, 0.25) is 5.89 Å². The van der Waals surface area contributed by atoms with E-state index in [1.807, 2.05) is 0 Å². The van der Waals surface area contributed by atoms with Crippen molar-refractivity contribution in [2.24, 2.45) is 0 Å². The first-order chi connectivity index (χ1) is 8.78. The Morgan fingerprint density at radius 1 is 1.33 bits per heavy atom. The SMILES string of the molecule is N#CC(=C1CCCC1)c1nc2cc(Cl)ccc2o1. The molecular formula is C14H11ClN2O. The van der Waals surface area contributed by atoms with Gasteiger partial charge in [-0.15, -0.1) is 0 Å². The molecule has 1 heterocycles. The van der Waals surface area contributed by atoms with Gasteiger partial charge in [0, 0.05) is 5.02 Å². The average molecular weight is 259 g/mol. The molecule has 0 unspecified atom stereocenters. The minimum atomic E-state index is 0.423. The molecule has 1 aliphatic rings. The van der Waals surface area contributed by atoms with Crippen LogP contribution in [0.15, 0.2) is 28.2 Å². The molecule has 1 aromatic heterocycles. The molecule has 0 saturated heterocycles. The topological polar surface area (TPSA) is 49.8 Å². The second-order valence-corrected chi connectivity index (χ2v) is 4.86. The molecule has 18 heavy (non-hydrogen) atoms. The third kappa shape index (κ3) is 1.89. The van der Waals surface area contributed by atoms with Crippen molar-refractivity contribution in [2.45, 2.75) is 25.7 Å². The van der Waals surface area contributed by atoms with Crippen LogP contribution in [0.5, 0.6) is 0 Å². The summed E-state index contributed by atoms with van der Waals surface area (Å²) in [6, 6.07) is 7.51. The van der Waals surface area contributed by atoms with Crippen LogP contribution >= 0.6 is 11.6 Å². The zero-order valence-electron chi connectivity index (χ0n) is 9.74. The second kappa shape index (κ2) is 4.47. The van der Waals surface area contributed by atoms with Crippen molar-refractivity contribution in [3.63, 3.8) is 0 Å². The highest BCUT2D eigenvalue weighted by molar-refractivity contribution is 6.31. The van der Waals surface area contributed by atoms with E-state index in [2.05, 4.69) is 11.1 Å². The number of rotatable bonds is 1. The Kier molecular flexibility index (Phi) is 2.81. The molecule has 4 heteroatoms. The van der Waals surface area contributed by atoms with Crippen LogP contribution in [0.4, 0.5) is 0 Å². The first-order valence-electron chi connectivity index (χ1n) is 5.96. The molecule has 0 spiro atoms. The van der Waals surface area contributed by atoms with E-state index in [9.17, 15) is 5.26 Å². The van der Waals surface area contributed by atoms with Crippen molar-refractivity contribution in [2.75, 3.05) is 0 Å². The molecule has 0 radical (unpaired) electrons. The van der Waals surface area contributed by atoms with Gasteiger partial charge in [0.1, 0.15) is 17.2 Å². The van der Waals surface area contributed by atoms with E-state index >= 15 is 0 Å². The van der Waals surface area contributed by atoms with Gasteiger partial charge in [0.15, 0.2) is 5.58 Å². The van der Waals surface area contributed by atoms with Crippen LogP contribution in [0.2, 0.25) is 5.02 Å². The summed E-state index contributed by atoms with van der Waals surface area (Å²) < 4.78 is 5.64. The molecule has 2 aromatic rings. The summed E-state index contributed by atoms with van der Waals surface area (Å²) in [6.07, 6.45) is 4.24. The lowest BCUT2D eigenvalue weighted by molar-refractivity contribution is 0.585. The smallest absolute Gasteiger partial charge is 0.238 e. The van der Waals surface area contributed by atoms with Gasteiger partial charge in [0.25, 0.3) is 0 Å². The van der Waals surface area contributed by atoms with Crippen molar-refractivity contribution in [3.8, 4) is 6.07 Å². The van der Waals surface area contributed by atoms with Crippen LogP contribution in [0.25, 0.3) is 16.7 Å². The van der Waals surface area contributed by atoms with Gasteiger partial charge in [0.05, 0.1) is 0 Å². The first-order valence-corrected chi connectivity index (χ1v) is 6.34. The number of nitriles is 1. The van der Waals surface area contributed by atoms with Gasteiger partial charge in [-0.1, -0.05) is 11.6 Å². The first kappa shape index (κ1) is 11.3. The molecule has 1 saturated carbocycles. The molecule has 0 atom stereocenters. The number of nitrogens with zero attached hydrogens (tertiary/aromatic N) is 2. The van der Waals surface area contributed by atoms with Crippen LogP contribution in [0, 0.1) is 11.3 Å². The fraction of sp³-hybridized carbons (Fsp3) is 0.286. The number of aromatic nitrogens is 1. The van der Waals surface area contributed by atoms with Gasteiger partial charge in [-0.3, -0.25) is 0 Å². The third-order valence-corrected chi connectivity index (χ3v) is 3.47. The van der Waals surface area contributed by atoms with E-state index in [1.165, 1.54) is 0 Å². The zero-order chi connectivity index (χ0) is 12.5. The maximum absolute atomic E-state index is 9.29. The van der Waals surface area contributed by atoms with Crippen molar-refractivity contribution in [1.82, 2.24) is 4.98 Å².